The summed E-state index contributed by atoms with van der Waals surface area (Å²) in [5.74, 6) is -0.819. The molecule has 0 saturated carbocycles. The smallest absolute Gasteiger partial charge is 0.229 e. The van der Waals surface area contributed by atoms with Gasteiger partial charge in [-0.05, 0) is 24.1 Å². The topological polar surface area (TPSA) is 75.1 Å². The molecule has 5 nitrogen and oxygen atoms in total. The fourth-order valence-corrected chi connectivity index (χ4v) is 2.91. The minimum atomic E-state index is -1.05. The Bertz CT molecular complexity index is 648. The molecule has 7 heteroatoms. The Morgan fingerprint density at radius 3 is 2.96 bits per heavy atom. The molecular weight excluding hydrogens is 317 g/mol. The van der Waals surface area contributed by atoms with Crippen molar-refractivity contribution in [3.63, 3.8) is 0 Å². The third-order valence-electron chi connectivity index (χ3n) is 3.32. The molecule has 0 fully saturated rings. The first-order valence-electron chi connectivity index (χ1n) is 7.64. The highest BCUT2D eigenvalue weighted by atomic mass is 32.1. The Hall–Kier alpha value is -1.86. The van der Waals surface area contributed by atoms with Crippen LogP contribution in [0.5, 0.6) is 0 Å². The van der Waals surface area contributed by atoms with E-state index in [2.05, 4.69) is 22.4 Å². The highest BCUT2D eigenvalue weighted by Crippen LogP contribution is 2.21. The Kier molecular flexibility index (Phi) is 6.61. The summed E-state index contributed by atoms with van der Waals surface area (Å²) < 4.78 is 13.1. The van der Waals surface area contributed by atoms with E-state index in [4.69, 9.17) is 0 Å². The number of rotatable bonds is 8. The van der Waals surface area contributed by atoms with E-state index < -0.39 is 11.9 Å². The molecule has 23 heavy (non-hydrogen) atoms. The SMILES string of the molecule is CCCCCc1nnc(NC(=O)CC(O)c2cccc(F)c2)s1. The second kappa shape index (κ2) is 8.69. The molecule has 0 bridgehead atoms. The third-order valence-corrected chi connectivity index (χ3v) is 4.22. The number of aromatic nitrogens is 2. The lowest BCUT2D eigenvalue weighted by Crippen LogP contribution is -2.15. The fourth-order valence-electron chi connectivity index (χ4n) is 2.11. The van der Waals surface area contributed by atoms with Crippen LogP contribution in [0.25, 0.3) is 0 Å². The van der Waals surface area contributed by atoms with Gasteiger partial charge in [0.25, 0.3) is 0 Å². The van der Waals surface area contributed by atoms with E-state index in [9.17, 15) is 14.3 Å². The van der Waals surface area contributed by atoms with E-state index in [1.54, 1.807) is 6.07 Å². The predicted octanol–water partition coefficient (Wildman–Crippen LogP) is 3.47. The van der Waals surface area contributed by atoms with Gasteiger partial charge in [0.05, 0.1) is 12.5 Å². The van der Waals surface area contributed by atoms with Crippen LogP contribution in [0.1, 0.15) is 49.3 Å². The fraction of sp³-hybridized carbons (Fsp3) is 0.438. The highest BCUT2D eigenvalue weighted by Gasteiger charge is 2.15. The normalized spacial score (nSPS) is 12.1. The Morgan fingerprint density at radius 2 is 2.22 bits per heavy atom. The largest absolute Gasteiger partial charge is 0.388 e. The number of halogens is 1. The van der Waals surface area contributed by atoms with E-state index in [0.717, 1.165) is 30.7 Å². The van der Waals surface area contributed by atoms with Crippen LogP contribution < -0.4 is 5.32 Å². The Labute approximate surface area is 138 Å². The summed E-state index contributed by atoms with van der Waals surface area (Å²) in [6.45, 7) is 2.13. The number of anilines is 1. The van der Waals surface area contributed by atoms with Crippen LogP contribution in [0, 0.1) is 5.82 Å². The maximum Gasteiger partial charge on any atom is 0.229 e. The number of unbranched alkanes of at least 4 members (excludes halogenated alkanes) is 2. The van der Waals surface area contributed by atoms with Gasteiger partial charge in [0.1, 0.15) is 10.8 Å². The van der Waals surface area contributed by atoms with Gasteiger partial charge in [-0.3, -0.25) is 4.79 Å². The number of hydrogen-bond acceptors (Lipinski definition) is 5. The van der Waals surface area contributed by atoms with Crippen LogP contribution in [0.3, 0.4) is 0 Å². The lowest BCUT2D eigenvalue weighted by Gasteiger charge is -2.10. The van der Waals surface area contributed by atoms with E-state index in [-0.39, 0.29) is 12.3 Å². The van der Waals surface area contributed by atoms with Crippen molar-refractivity contribution in [2.45, 2.75) is 45.1 Å². The highest BCUT2D eigenvalue weighted by molar-refractivity contribution is 7.15. The number of benzene rings is 1. The van der Waals surface area contributed by atoms with Crippen LogP contribution >= 0.6 is 11.3 Å². The van der Waals surface area contributed by atoms with Crippen LogP contribution in [0.2, 0.25) is 0 Å². The molecule has 2 rings (SSSR count). The summed E-state index contributed by atoms with van der Waals surface area (Å²) in [6.07, 6.45) is 2.97. The lowest BCUT2D eigenvalue weighted by atomic mass is 10.1. The van der Waals surface area contributed by atoms with Crippen LogP contribution in [-0.2, 0) is 11.2 Å². The second-order valence-corrected chi connectivity index (χ2v) is 6.34. The third kappa shape index (κ3) is 5.69. The Morgan fingerprint density at radius 1 is 1.39 bits per heavy atom. The van der Waals surface area contributed by atoms with E-state index >= 15 is 0 Å². The molecular formula is C16H20FN3O2S. The number of aryl methyl sites for hydroxylation is 1. The molecule has 0 radical (unpaired) electrons. The molecule has 1 amide bonds. The van der Waals surface area contributed by atoms with Crippen LogP contribution in [-0.4, -0.2) is 21.2 Å². The number of hydrogen-bond donors (Lipinski definition) is 2. The molecule has 0 aliphatic rings. The van der Waals surface area contributed by atoms with Gasteiger partial charge >= 0.3 is 0 Å². The molecule has 1 atom stereocenters. The maximum atomic E-state index is 13.1. The molecule has 1 unspecified atom stereocenters. The van der Waals surface area contributed by atoms with E-state index in [1.807, 2.05) is 0 Å². The Balaban J connectivity index is 1.84. The van der Waals surface area contributed by atoms with Crippen molar-refractivity contribution in [3.05, 3.63) is 40.7 Å². The lowest BCUT2D eigenvalue weighted by molar-refractivity contribution is -0.118. The molecule has 1 aromatic carbocycles. The average Bonchev–Trinajstić information content (AvgIpc) is 2.94. The number of nitrogens with one attached hydrogen (secondary N) is 1. The molecule has 2 aromatic rings. The molecule has 124 valence electrons. The summed E-state index contributed by atoms with van der Waals surface area (Å²) in [7, 11) is 0. The summed E-state index contributed by atoms with van der Waals surface area (Å²) in [5, 5.41) is 21.9. The summed E-state index contributed by atoms with van der Waals surface area (Å²) >= 11 is 1.34. The number of aliphatic hydroxyl groups excluding tert-OH is 1. The van der Waals surface area contributed by atoms with Crippen molar-refractivity contribution in [3.8, 4) is 0 Å². The first kappa shape index (κ1) is 17.5. The van der Waals surface area contributed by atoms with Gasteiger partial charge in [-0.15, -0.1) is 10.2 Å². The van der Waals surface area contributed by atoms with Crippen molar-refractivity contribution < 1.29 is 14.3 Å². The molecule has 0 aliphatic carbocycles. The average molecular weight is 337 g/mol. The van der Waals surface area contributed by atoms with E-state index in [1.165, 1.54) is 29.5 Å². The summed E-state index contributed by atoms with van der Waals surface area (Å²) in [6, 6.07) is 5.59. The second-order valence-electron chi connectivity index (χ2n) is 5.28. The van der Waals surface area contributed by atoms with Gasteiger partial charge < -0.3 is 10.4 Å². The number of carbonyl (C=O) groups excluding carboxylic acids is 1. The zero-order valence-electron chi connectivity index (χ0n) is 13.0. The van der Waals surface area contributed by atoms with Gasteiger partial charge in [-0.25, -0.2) is 4.39 Å². The monoisotopic (exact) mass is 337 g/mol. The standard InChI is InChI=1S/C16H20FN3O2S/c1-2-3-4-8-15-19-20-16(23-15)18-14(22)10-13(21)11-6-5-7-12(17)9-11/h5-7,9,13,21H,2-4,8,10H2,1H3,(H,18,20,22). The van der Waals surface area contributed by atoms with Crippen LogP contribution in [0.4, 0.5) is 9.52 Å². The molecule has 1 heterocycles. The van der Waals surface area contributed by atoms with Crippen molar-refractivity contribution >= 4 is 22.4 Å². The number of carbonyl (C=O) groups is 1. The molecule has 2 N–H and O–H groups in total. The van der Waals surface area contributed by atoms with E-state index in [0.29, 0.717) is 10.7 Å². The maximum absolute atomic E-state index is 13.1. The van der Waals surface area contributed by atoms with Crippen molar-refractivity contribution in [1.29, 1.82) is 0 Å². The first-order valence-corrected chi connectivity index (χ1v) is 8.46. The van der Waals surface area contributed by atoms with Gasteiger partial charge in [0.2, 0.25) is 11.0 Å². The zero-order valence-corrected chi connectivity index (χ0v) is 13.8. The minimum Gasteiger partial charge on any atom is -0.388 e. The molecule has 1 aromatic heterocycles. The van der Waals surface area contributed by atoms with Crippen LogP contribution in [0.15, 0.2) is 24.3 Å². The quantitative estimate of drug-likeness (QED) is 0.723. The van der Waals surface area contributed by atoms with Gasteiger partial charge in [-0.1, -0.05) is 43.2 Å². The molecule has 0 spiro atoms. The number of nitrogens with zero attached hydrogens (tertiary/aromatic N) is 2. The summed E-state index contributed by atoms with van der Waals surface area (Å²) in [4.78, 5) is 11.9. The number of amides is 1. The van der Waals surface area contributed by atoms with Crippen molar-refractivity contribution in [2.24, 2.45) is 0 Å². The minimum absolute atomic E-state index is 0.159. The summed E-state index contributed by atoms with van der Waals surface area (Å²) in [5.41, 5.74) is 0.373. The van der Waals surface area contributed by atoms with Gasteiger partial charge in [0, 0.05) is 6.42 Å². The zero-order chi connectivity index (χ0) is 16.7. The number of aliphatic hydroxyl groups is 1. The van der Waals surface area contributed by atoms with Gasteiger partial charge in [0.15, 0.2) is 0 Å². The van der Waals surface area contributed by atoms with Crippen molar-refractivity contribution in [1.82, 2.24) is 10.2 Å². The molecule has 0 aliphatic heterocycles. The predicted molar refractivity (Wildman–Crippen MR) is 87.7 cm³/mol. The van der Waals surface area contributed by atoms with Gasteiger partial charge in [-0.2, -0.15) is 0 Å². The molecule has 0 saturated heterocycles. The first-order chi connectivity index (χ1) is 11.1. The van der Waals surface area contributed by atoms with Crippen molar-refractivity contribution in [2.75, 3.05) is 5.32 Å².